The van der Waals surface area contributed by atoms with Gasteiger partial charge in [-0.05, 0) is 54.8 Å². The Morgan fingerprint density at radius 3 is 2.31 bits per heavy atom. The van der Waals surface area contributed by atoms with Crippen molar-refractivity contribution in [2.75, 3.05) is 23.8 Å². The van der Waals surface area contributed by atoms with Crippen molar-refractivity contribution >= 4 is 33.4 Å². The predicted octanol–water partition coefficient (Wildman–Crippen LogP) is 5.62. The lowest BCUT2D eigenvalue weighted by atomic mass is 10.1. The van der Waals surface area contributed by atoms with Crippen LogP contribution in [0, 0.1) is 17.8 Å². The van der Waals surface area contributed by atoms with E-state index in [1.165, 1.54) is 18.2 Å². The zero-order chi connectivity index (χ0) is 28.3. The molecule has 3 aromatic rings. The largest absolute Gasteiger partial charge is 0.449 e. The average Bonchev–Trinajstić information content (AvgIpc) is 2.91. The highest BCUT2D eigenvalue weighted by Gasteiger charge is 2.24. The molecule has 0 bridgehead atoms. The summed E-state index contributed by atoms with van der Waals surface area (Å²) < 4.78 is 32.7. The van der Waals surface area contributed by atoms with Crippen molar-refractivity contribution in [1.82, 2.24) is 4.72 Å². The van der Waals surface area contributed by atoms with Crippen LogP contribution in [0.25, 0.3) is 0 Å². The number of carbonyl (C=O) groups is 2. The molecule has 3 N–H and O–H groups in total. The summed E-state index contributed by atoms with van der Waals surface area (Å²) in [5.74, 6) is 5.76. The van der Waals surface area contributed by atoms with Gasteiger partial charge in [0.15, 0.2) is 0 Å². The molecule has 8 nitrogen and oxygen atoms in total. The molecular weight excluding hydrogens is 514 g/mol. The fourth-order valence-corrected chi connectivity index (χ4v) is 4.52. The second kappa shape index (κ2) is 14.0. The van der Waals surface area contributed by atoms with Gasteiger partial charge in [-0.15, -0.1) is 0 Å². The lowest BCUT2D eigenvalue weighted by Crippen LogP contribution is -2.32. The first-order valence-electron chi connectivity index (χ1n) is 12.7. The van der Waals surface area contributed by atoms with Crippen LogP contribution in [0.15, 0.2) is 77.7 Å². The Balaban J connectivity index is 1.86. The summed E-state index contributed by atoms with van der Waals surface area (Å²) >= 11 is 0. The molecule has 3 rings (SSSR count). The minimum atomic E-state index is -4.31. The smallest absolute Gasteiger partial charge is 0.421 e. The van der Waals surface area contributed by atoms with Crippen molar-refractivity contribution in [3.8, 4) is 11.8 Å². The lowest BCUT2D eigenvalue weighted by molar-refractivity contribution is 0.102. The van der Waals surface area contributed by atoms with E-state index in [0.29, 0.717) is 17.8 Å². The number of hydrogen-bond acceptors (Lipinski definition) is 6. The Bertz CT molecular complexity index is 1460. The van der Waals surface area contributed by atoms with Crippen LogP contribution in [0.1, 0.15) is 55.1 Å². The summed E-state index contributed by atoms with van der Waals surface area (Å²) in [6, 6.07) is 20.6. The van der Waals surface area contributed by atoms with Crippen molar-refractivity contribution < 1.29 is 22.7 Å². The number of ether oxygens (including phenoxy) is 1. The van der Waals surface area contributed by atoms with Crippen molar-refractivity contribution in [2.45, 2.75) is 38.5 Å². The van der Waals surface area contributed by atoms with Crippen LogP contribution in [-0.2, 0) is 14.8 Å². The molecule has 9 heteroatoms. The molecule has 0 unspecified atom stereocenters. The Labute approximate surface area is 230 Å². The normalized spacial score (nSPS) is 10.8. The maximum atomic E-state index is 13.3. The maximum absolute atomic E-state index is 13.3. The average molecular weight is 548 g/mol. The van der Waals surface area contributed by atoms with Gasteiger partial charge in [-0.25, -0.2) is 17.9 Å². The van der Waals surface area contributed by atoms with E-state index in [1.807, 2.05) is 48.9 Å². The minimum absolute atomic E-state index is 0.0270. The first-order chi connectivity index (χ1) is 18.7. The number of anilines is 2. The molecule has 0 spiro atoms. The third kappa shape index (κ3) is 8.90. The summed E-state index contributed by atoms with van der Waals surface area (Å²) in [5.41, 5.74) is 2.53. The molecule has 39 heavy (non-hydrogen) atoms. The summed E-state index contributed by atoms with van der Waals surface area (Å²) in [5, 5.41) is 5.97. The van der Waals surface area contributed by atoms with Crippen LogP contribution in [-0.4, -0.2) is 33.6 Å². The number of sulfonamides is 1. The molecule has 0 aliphatic rings. The van der Waals surface area contributed by atoms with Crippen molar-refractivity contribution in [1.29, 1.82) is 0 Å². The van der Waals surface area contributed by atoms with E-state index in [-0.39, 0.29) is 23.1 Å². The van der Waals surface area contributed by atoms with E-state index in [1.54, 1.807) is 24.3 Å². The predicted molar refractivity (Wildman–Crippen MR) is 153 cm³/mol. The molecule has 0 saturated carbocycles. The molecule has 0 aliphatic heterocycles. The van der Waals surface area contributed by atoms with Gasteiger partial charge in [0.25, 0.3) is 15.9 Å². The van der Waals surface area contributed by atoms with Gasteiger partial charge >= 0.3 is 6.09 Å². The molecule has 0 atom stereocenters. The minimum Gasteiger partial charge on any atom is -0.449 e. The first-order valence-corrected chi connectivity index (χ1v) is 14.2. The van der Waals surface area contributed by atoms with Gasteiger partial charge in [0.05, 0.1) is 17.9 Å². The number of para-hydroxylation sites is 1. The fraction of sp³-hybridized carbons (Fsp3) is 0.267. The Morgan fingerprint density at radius 1 is 0.897 bits per heavy atom. The van der Waals surface area contributed by atoms with Crippen LogP contribution < -0.4 is 15.4 Å². The van der Waals surface area contributed by atoms with Crippen LogP contribution in [0.5, 0.6) is 0 Å². The van der Waals surface area contributed by atoms with E-state index < -0.39 is 22.0 Å². The van der Waals surface area contributed by atoms with Crippen LogP contribution in [0.4, 0.5) is 16.2 Å². The summed E-state index contributed by atoms with van der Waals surface area (Å²) in [6.07, 6.45) is 0.792. The van der Waals surface area contributed by atoms with E-state index >= 15 is 0 Å². The third-order valence-electron chi connectivity index (χ3n) is 5.43. The summed E-state index contributed by atoms with van der Waals surface area (Å²) in [7, 11) is -4.31. The lowest BCUT2D eigenvalue weighted by Gasteiger charge is -2.15. The molecule has 0 fully saturated rings. The second-order valence-corrected chi connectivity index (χ2v) is 10.9. The molecule has 0 saturated heterocycles. The molecule has 204 valence electrons. The number of carbonyl (C=O) groups excluding carboxylic acids is 2. The van der Waals surface area contributed by atoms with Gasteiger partial charge in [0.2, 0.25) is 0 Å². The first kappa shape index (κ1) is 29.3. The standard InChI is InChI=1S/C30H33N3O5S/c1-4-5-19-31-27-20-24(16-15-23-11-7-6-8-12-23)17-18-25(27)29(34)32-26-13-9-10-14-28(26)39(36,37)33-30(35)38-21-22(2)3/h6-14,17-18,20,22,31H,4-5,19,21H2,1-3H3,(H,32,34)(H,33,35). The van der Waals surface area contributed by atoms with Gasteiger partial charge in [-0.2, -0.15) is 0 Å². The van der Waals surface area contributed by atoms with Gasteiger partial charge in [0.1, 0.15) is 4.90 Å². The zero-order valence-electron chi connectivity index (χ0n) is 22.3. The molecule has 0 radical (unpaired) electrons. The van der Waals surface area contributed by atoms with Gasteiger partial charge in [-0.1, -0.05) is 69.4 Å². The number of hydrogen-bond donors (Lipinski definition) is 3. The quantitative estimate of drug-likeness (QED) is 0.224. The van der Waals surface area contributed by atoms with E-state index in [4.69, 9.17) is 4.74 Å². The molecule has 3 aromatic carbocycles. The highest BCUT2D eigenvalue weighted by Crippen LogP contribution is 2.24. The molecule has 2 amide bonds. The fourth-order valence-electron chi connectivity index (χ4n) is 3.46. The summed E-state index contributed by atoms with van der Waals surface area (Å²) in [4.78, 5) is 25.1. The third-order valence-corrected chi connectivity index (χ3v) is 6.80. The topological polar surface area (TPSA) is 114 Å². The van der Waals surface area contributed by atoms with Gasteiger partial charge < -0.3 is 15.4 Å². The van der Waals surface area contributed by atoms with Crippen LogP contribution in [0.3, 0.4) is 0 Å². The second-order valence-electron chi connectivity index (χ2n) is 9.20. The summed E-state index contributed by atoms with van der Waals surface area (Å²) in [6.45, 7) is 6.46. The highest BCUT2D eigenvalue weighted by molar-refractivity contribution is 7.90. The van der Waals surface area contributed by atoms with Crippen molar-refractivity contribution in [2.24, 2.45) is 5.92 Å². The van der Waals surface area contributed by atoms with Gasteiger partial charge in [0, 0.05) is 23.4 Å². The monoisotopic (exact) mass is 547 g/mol. The molecular formula is C30H33N3O5S. The Morgan fingerprint density at radius 2 is 1.59 bits per heavy atom. The Kier molecular flexibility index (Phi) is 10.5. The van der Waals surface area contributed by atoms with E-state index in [2.05, 4.69) is 29.4 Å². The number of benzene rings is 3. The molecule has 0 heterocycles. The van der Waals surface area contributed by atoms with E-state index in [0.717, 1.165) is 24.0 Å². The maximum Gasteiger partial charge on any atom is 0.421 e. The van der Waals surface area contributed by atoms with E-state index in [9.17, 15) is 18.0 Å². The number of nitrogens with one attached hydrogen (secondary N) is 3. The number of unbranched alkanes of at least 4 members (excludes halogenated alkanes) is 1. The van der Waals surface area contributed by atoms with Crippen molar-refractivity contribution in [3.63, 3.8) is 0 Å². The number of rotatable bonds is 10. The van der Waals surface area contributed by atoms with Crippen LogP contribution >= 0.6 is 0 Å². The Hall–Kier alpha value is -4.29. The van der Waals surface area contributed by atoms with Crippen molar-refractivity contribution in [3.05, 3.63) is 89.5 Å². The molecule has 0 aliphatic carbocycles. The van der Waals surface area contributed by atoms with Gasteiger partial charge in [-0.3, -0.25) is 4.79 Å². The highest BCUT2D eigenvalue weighted by atomic mass is 32.2. The van der Waals surface area contributed by atoms with Crippen LogP contribution in [0.2, 0.25) is 0 Å². The molecule has 0 aromatic heterocycles. The SMILES string of the molecule is CCCCNc1cc(C#Cc2ccccc2)ccc1C(=O)Nc1ccccc1S(=O)(=O)NC(=O)OCC(C)C. The number of amides is 2. The zero-order valence-corrected chi connectivity index (χ0v) is 23.1.